The molecule has 2 fully saturated rings. The lowest BCUT2D eigenvalue weighted by molar-refractivity contribution is 0.0573. The maximum atomic E-state index is 12.8. The van der Waals surface area contributed by atoms with Crippen molar-refractivity contribution >= 4 is 16.9 Å². The van der Waals surface area contributed by atoms with Gasteiger partial charge in [-0.25, -0.2) is 4.98 Å². The van der Waals surface area contributed by atoms with Crippen molar-refractivity contribution in [2.24, 2.45) is 5.92 Å². The second kappa shape index (κ2) is 4.84. The molecule has 2 aromatic heterocycles. The molecule has 4 heterocycles. The predicted octanol–water partition coefficient (Wildman–Crippen LogP) is 1.73. The van der Waals surface area contributed by atoms with Crippen LogP contribution in [0, 0.1) is 5.92 Å². The van der Waals surface area contributed by atoms with Gasteiger partial charge in [0.25, 0.3) is 5.91 Å². The zero-order valence-electron chi connectivity index (χ0n) is 12.2. The number of nitrogens with zero attached hydrogens (tertiary/aromatic N) is 3. The molecule has 0 bridgehead atoms. The maximum Gasteiger partial charge on any atom is 0.254 e. The van der Waals surface area contributed by atoms with Crippen molar-refractivity contribution in [1.82, 2.24) is 19.8 Å². The van der Waals surface area contributed by atoms with E-state index in [-0.39, 0.29) is 5.91 Å². The van der Waals surface area contributed by atoms with Gasteiger partial charge >= 0.3 is 0 Å². The van der Waals surface area contributed by atoms with Gasteiger partial charge in [0.1, 0.15) is 5.65 Å². The number of H-pyrrole nitrogens is 1. The number of pyridine rings is 1. The van der Waals surface area contributed by atoms with Crippen LogP contribution >= 0.6 is 0 Å². The summed E-state index contributed by atoms with van der Waals surface area (Å²) >= 11 is 0. The van der Waals surface area contributed by atoms with Crippen LogP contribution in [-0.2, 0) is 0 Å². The second-order valence-corrected chi connectivity index (χ2v) is 6.34. The largest absolute Gasteiger partial charge is 0.346 e. The Bertz CT molecular complexity index is 680. The smallest absolute Gasteiger partial charge is 0.254 e. The Labute approximate surface area is 123 Å². The van der Waals surface area contributed by atoms with Gasteiger partial charge in [-0.2, -0.15) is 0 Å². The van der Waals surface area contributed by atoms with E-state index in [0.29, 0.717) is 6.04 Å². The summed E-state index contributed by atoms with van der Waals surface area (Å²) in [5.74, 6) is 0.892. The summed E-state index contributed by atoms with van der Waals surface area (Å²) in [6, 6.07) is 4.31. The fourth-order valence-electron chi connectivity index (χ4n) is 3.80. The van der Waals surface area contributed by atoms with Crippen LogP contribution in [0.25, 0.3) is 11.0 Å². The second-order valence-electron chi connectivity index (χ2n) is 6.34. The zero-order valence-corrected chi connectivity index (χ0v) is 12.2. The molecule has 1 amide bonds. The van der Waals surface area contributed by atoms with E-state index in [1.165, 1.54) is 13.0 Å². The number of fused-ring (bicyclic) bond motifs is 2. The van der Waals surface area contributed by atoms with Crippen LogP contribution in [0.5, 0.6) is 0 Å². The minimum atomic E-state index is 0.140. The predicted molar refractivity (Wildman–Crippen MR) is 81.1 cm³/mol. The van der Waals surface area contributed by atoms with E-state index in [1.807, 2.05) is 23.2 Å². The lowest BCUT2D eigenvalue weighted by Crippen LogP contribution is -2.52. The molecule has 2 aliphatic heterocycles. The van der Waals surface area contributed by atoms with Crippen molar-refractivity contribution in [1.29, 1.82) is 0 Å². The van der Waals surface area contributed by atoms with Crippen molar-refractivity contribution < 1.29 is 4.79 Å². The van der Waals surface area contributed by atoms with Crippen LogP contribution in [-0.4, -0.2) is 57.9 Å². The maximum absolute atomic E-state index is 12.8. The summed E-state index contributed by atoms with van der Waals surface area (Å²) in [5, 5.41) is 0.921. The minimum absolute atomic E-state index is 0.140. The van der Waals surface area contributed by atoms with Gasteiger partial charge in [0, 0.05) is 50.0 Å². The van der Waals surface area contributed by atoms with Crippen molar-refractivity contribution in [3.63, 3.8) is 0 Å². The van der Waals surface area contributed by atoms with Crippen molar-refractivity contribution in [2.45, 2.75) is 19.4 Å². The molecule has 110 valence electrons. The van der Waals surface area contributed by atoms with Crippen LogP contribution in [0.3, 0.4) is 0 Å². The van der Waals surface area contributed by atoms with Gasteiger partial charge in [-0.05, 0) is 24.5 Å². The first-order valence-corrected chi connectivity index (χ1v) is 7.68. The van der Waals surface area contributed by atoms with Gasteiger partial charge in [0.15, 0.2) is 0 Å². The van der Waals surface area contributed by atoms with Crippen molar-refractivity contribution in [2.75, 3.05) is 26.2 Å². The van der Waals surface area contributed by atoms with Crippen molar-refractivity contribution in [3.8, 4) is 0 Å². The average molecular weight is 284 g/mol. The first kappa shape index (κ1) is 12.8. The highest BCUT2D eigenvalue weighted by Crippen LogP contribution is 2.27. The Morgan fingerprint density at radius 3 is 3.14 bits per heavy atom. The summed E-state index contributed by atoms with van der Waals surface area (Å²) < 4.78 is 0. The standard InChI is InChI=1S/C16H20N4O/c1-11-8-12-10-20(7-6-19(12)9-11)16(21)14-3-5-18-15-13(14)2-4-17-15/h2-5,11-12H,6-10H2,1H3,(H,17,18). The molecular formula is C16H20N4O. The number of hydrogen-bond donors (Lipinski definition) is 1. The number of carbonyl (C=O) groups excluding carboxylic acids is 1. The molecule has 5 nitrogen and oxygen atoms in total. The van der Waals surface area contributed by atoms with Crippen LogP contribution in [0.2, 0.25) is 0 Å². The molecule has 5 heteroatoms. The fraction of sp³-hybridized carbons (Fsp3) is 0.500. The van der Waals surface area contributed by atoms with Crippen LogP contribution in [0.1, 0.15) is 23.7 Å². The molecule has 1 N–H and O–H groups in total. The summed E-state index contributed by atoms with van der Waals surface area (Å²) in [6.07, 6.45) is 4.75. The average Bonchev–Trinajstić information content (AvgIpc) is 3.09. The summed E-state index contributed by atoms with van der Waals surface area (Å²) in [7, 11) is 0. The highest BCUT2D eigenvalue weighted by atomic mass is 16.2. The molecular weight excluding hydrogens is 264 g/mol. The number of aromatic nitrogens is 2. The van der Waals surface area contributed by atoms with Gasteiger partial charge in [0.2, 0.25) is 0 Å². The molecule has 0 aromatic carbocycles. The third-order valence-corrected chi connectivity index (χ3v) is 4.80. The normalized spacial score (nSPS) is 26.2. The Morgan fingerprint density at radius 2 is 2.24 bits per heavy atom. The van der Waals surface area contributed by atoms with E-state index in [0.717, 1.165) is 42.1 Å². The SMILES string of the molecule is CC1CC2CN(C(=O)c3ccnc4[nH]ccc34)CCN2C1. The number of amides is 1. The highest BCUT2D eigenvalue weighted by molar-refractivity contribution is 6.05. The summed E-state index contributed by atoms with van der Waals surface area (Å²) in [5.41, 5.74) is 1.55. The number of rotatable bonds is 1. The fourth-order valence-corrected chi connectivity index (χ4v) is 3.80. The number of hydrogen-bond acceptors (Lipinski definition) is 3. The van der Waals surface area contributed by atoms with E-state index in [2.05, 4.69) is 21.8 Å². The monoisotopic (exact) mass is 284 g/mol. The van der Waals surface area contributed by atoms with Gasteiger partial charge in [-0.1, -0.05) is 6.92 Å². The summed E-state index contributed by atoms with van der Waals surface area (Å²) in [6.45, 7) is 6.18. The van der Waals surface area contributed by atoms with E-state index in [4.69, 9.17) is 0 Å². The lowest BCUT2D eigenvalue weighted by Gasteiger charge is -2.37. The molecule has 21 heavy (non-hydrogen) atoms. The van der Waals surface area contributed by atoms with Gasteiger partial charge in [-0.15, -0.1) is 0 Å². The van der Waals surface area contributed by atoms with Crippen LogP contribution in [0.4, 0.5) is 0 Å². The molecule has 2 saturated heterocycles. The Balaban J connectivity index is 1.59. The molecule has 2 aromatic rings. The highest BCUT2D eigenvalue weighted by Gasteiger charge is 2.36. The molecule has 0 saturated carbocycles. The van der Waals surface area contributed by atoms with Crippen LogP contribution < -0.4 is 0 Å². The minimum Gasteiger partial charge on any atom is -0.346 e. The first-order valence-electron chi connectivity index (χ1n) is 7.68. The van der Waals surface area contributed by atoms with E-state index in [1.54, 1.807) is 6.20 Å². The lowest BCUT2D eigenvalue weighted by atomic mass is 10.1. The molecule has 2 atom stereocenters. The third kappa shape index (κ3) is 2.12. The molecule has 0 aliphatic carbocycles. The van der Waals surface area contributed by atoms with E-state index in [9.17, 15) is 4.79 Å². The molecule has 4 rings (SSSR count). The molecule has 2 aliphatic rings. The van der Waals surface area contributed by atoms with Crippen molar-refractivity contribution in [3.05, 3.63) is 30.1 Å². The number of piperazine rings is 1. The Kier molecular flexibility index (Phi) is 2.96. The Morgan fingerprint density at radius 1 is 1.33 bits per heavy atom. The van der Waals surface area contributed by atoms with E-state index < -0.39 is 0 Å². The molecule has 2 unspecified atom stereocenters. The molecule has 0 spiro atoms. The van der Waals surface area contributed by atoms with Gasteiger partial charge in [0.05, 0.1) is 5.56 Å². The Hall–Kier alpha value is -1.88. The van der Waals surface area contributed by atoms with Gasteiger partial charge in [-0.3, -0.25) is 9.69 Å². The first-order chi connectivity index (χ1) is 10.2. The topological polar surface area (TPSA) is 52.2 Å². The number of nitrogens with one attached hydrogen (secondary N) is 1. The number of carbonyl (C=O) groups is 1. The third-order valence-electron chi connectivity index (χ3n) is 4.80. The summed E-state index contributed by atoms with van der Waals surface area (Å²) in [4.78, 5) is 24.7. The van der Waals surface area contributed by atoms with Gasteiger partial charge < -0.3 is 9.88 Å². The number of aromatic amines is 1. The quantitative estimate of drug-likeness (QED) is 0.867. The van der Waals surface area contributed by atoms with Crippen LogP contribution in [0.15, 0.2) is 24.5 Å². The van der Waals surface area contributed by atoms with E-state index >= 15 is 0 Å². The zero-order chi connectivity index (χ0) is 14.4. The molecule has 0 radical (unpaired) electrons.